The van der Waals surface area contributed by atoms with Crippen LogP contribution < -0.4 is 5.73 Å². The number of fused-ring (bicyclic) bond motifs is 1. The van der Waals surface area contributed by atoms with Crippen LogP contribution in [-0.2, 0) is 4.79 Å². The lowest BCUT2D eigenvalue weighted by atomic mass is 9.78. The smallest absolute Gasteiger partial charge is 0.198 e. The first-order chi connectivity index (χ1) is 8.61. The Balaban J connectivity index is 2.28. The maximum absolute atomic E-state index is 12.2. The molecule has 0 aromatic heterocycles. The molecule has 0 spiro atoms. The van der Waals surface area contributed by atoms with E-state index in [-0.39, 0.29) is 22.5 Å². The Kier molecular flexibility index (Phi) is 2.15. The van der Waals surface area contributed by atoms with Crippen molar-refractivity contribution in [3.8, 4) is 0 Å². The van der Waals surface area contributed by atoms with Gasteiger partial charge in [0.05, 0.1) is 11.6 Å². The number of Topliss-reactive ketones (excluding diaryl/α,β-unsaturated/α-hetero) is 3. The summed E-state index contributed by atoms with van der Waals surface area (Å²) >= 11 is 0. The monoisotopic (exact) mass is 239 g/mol. The van der Waals surface area contributed by atoms with Crippen molar-refractivity contribution >= 4 is 17.3 Å². The van der Waals surface area contributed by atoms with Crippen LogP contribution in [0, 0.1) is 0 Å². The minimum absolute atomic E-state index is 0.0753. The molecule has 2 aliphatic rings. The Morgan fingerprint density at radius 1 is 0.944 bits per heavy atom. The standard InChI is InChI=1S/C14H9NO3/c15-10-6-5-9-11(14(10)18)13(17)8-4-2-1-3-7(8)12(9)16/h1-6,10H,15H2. The van der Waals surface area contributed by atoms with E-state index < -0.39 is 17.6 Å². The van der Waals surface area contributed by atoms with Gasteiger partial charge in [-0.25, -0.2) is 0 Å². The van der Waals surface area contributed by atoms with Crippen molar-refractivity contribution < 1.29 is 14.4 Å². The van der Waals surface area contributed by atoms with Gasteiger partial charge < -0.3 is 5.73 Å². The van der Waals surface area contributed by atoms with Crippen molar-refractivity contribution in [3.05, 3.63) is 58.7 Å². The zero-order valence-corrected chi connectivity index (χ0v) is 9.34. The molecule has 0 radical (unpaired) electrons. The summed E-state index contributed by atoms with van der Waals surface area (Å²) in [5.74, 6) is -1.19. The summed E-state index contributed by atoms with van der Waals surface area (Å²) in [5, 5.41) is 0. The molecule has 0 saturated heterocycles. The Bertz CT molecular complexity index is 667. The first-order valence-electron chi connectivity index (χ1n) is 5.52. The van der Waals surface area contributed by atoms with Crippen LogP contribution in [0.5, 0.6) is 0 Å². The van der Waals surface area contributed by atoms with Crippen molar-refractivity contribution in [2.75, 3.05) is 0 Å². The second kappa shape index (κ2) is 3.58. The second-order valence-corrected chi connectivity index (χ2v) is 4.24. The first-order valence-corrected chi connectivity index (χ1v) is 5.52. The van der Waals surface area contributed by atoms with Crippen LogP contribution in [0.1, 0.15) is 20.7 Å². The highest BCUT2D eigenvalue weighted by atomic mass is 16.2. The van der Waals surface area contributed by atoms with Crippen molar-refractivity contribution in [3.63, 3.8) is 0 Å². The molecule has 1 atom stereocenters. The molecule has 0 heterocycles. The van der Waals surface area contributed by atoms with Crippen LogP contribution in [0.3, 0.4) is 0 Å². The SMILES string of the molecule is NC1C=CC2=C(C(=O)c3ccccc3C2=O)C1=O. The second-order valence-electron chi connectivity index (χ2n) is 4.24. The van der Waals surface area contributed by atoms with E-state index in [1.54, 1.807) is 24.3 Å². The van der Waals surface area contributed by atoms with Gasteiger partial charge in [0.1, 0.15) is 0 Å². The number of hydrogen-bond acceptors (Lipinski definition) is 4. The third-order valence-corrected chi connectivity index (χ3v) is 3.18. The topological polar surface area (TPSA) is 77.2 Å². The van der Waals surface area contributed by atoms with E-state index in [2.05, 4.69) is 0 Å². The number of carbonyl (C=O) groups excluding carboxylic acids is 3. The van der Waals surface area contributed by atoms with Gasteiger partial charge in [0.2, 0.25) is 0 Å². The van der Waals surface area contributed by atoms with Gasteiger partial charge in [0.25, 0.3) is 0 Å². The Morgan fingerprint density at radius 2 is 1.56 bits per heavy atom. The third-order valence-electron chi connectivity index (χ3n) is 3.18. The van der Waals surface area contributed by atoms with Crippen LogP contribution in [0.15, 0.2) is 47.6 Å². The summed E-state index contributed by atoms with van der Waals surface area (Å²) in [7, 11) is 0. The summed E-state index contributed by atoms with van der Waals surface area (Å²) in [6.45, 7) is 0. The number of allylic oxidation sites excluding steroid dienone is 2. The summed E-state index contributed by atoms with van der Waals surface area (Å²) < 4.78 is 0. The zero-order valence-electron chi connectivity index (χ0n) is 9.34. The van der Waals surface area contributed by atoms with Crippen LogP contribution in [0.2, 0.25) is 0 Å². The molecule has 0 saturated carbocycles. The predicted molar refractivity (Wildman–Crippen MR) is 64.3 cm³/mol. The molecule has 1 aromatic rings. The van der Waals surface area contributed by atoms with E-state index >= 15 is 0 Å². The van der Waals surface area contributed by atoms with Crippen molar-refractivity contribution in [1.82, 2.24) is 0 Å². The van der Waals surface area contributed by atoms with Crippen LogP contribution in [0.4, 0.5) is 0 Å². The molecule has 0 aliphatic heterocycles. The Morgan fingerprint density at radius 3 is 2.22 bits per heavy atom. The highest BCUT2D eigenvalue weighted by Gasteiger charge is 2.37. The predicted octanol–water partition coefficient (Wildman–Crippen LogP) is 0.828. The van der Waals surface area contributed by atoms with Crippen molar-refractivity contribution in [2.45, 2.75) is 6.04 Å². The highest BCUT2D eigenvalue weighted by Crippen LogP contribution is 2.30. The summed E-state index contributed by atoms with van der Waals surface area (Å²) in [4.78, 5) is 36.3. The molecule has 88 valence electrons. The van der Waals surface area contributed by atoms with Crippen LogP contribution >= 0.6 is 0 Å². The average Bonchev–Trinajstić information content (AvgIpc) is 2.39. The van der Waals surface area contributed by atoms with E-state index in [0.717, 1.165) is 0 Å². The van der Waals surface area contributed by atoms with Crippen molar-refractivity contribution in [1.29, 1.82) is 0 Å². The number of carbonyl (C=O) groups is 3. The third kappa shape index (κ3) is 1.26. The van der Waals surface area contributed by atoms with E-state index in [9.17, 15) is 14.4 Å². The number of benzene rings is 1. The largest absolute Gasteiger partial charge is 0.318 e. The number of ketones is 3. The zero-order chi connectivity index (χ0) is 12.9. The average molecular weight is 239 g/mol. The summed E-state index contributed by atoms with van der Waals surface area (Å²) in [6.07, 6.45) is 2.91. The van der Waals surface area contributed by atoms with Gasteiger partial charge >= 0.3 is 0 Å². The summed E-state index contributed by atoms with van der Waals surface area (Å²) in [5.41, 5.74) is 6.28. The Hall–Kier alpha value is -2.33. The molecule has 0 amide bonds. The number of rotatable bonds is 0. The summed E-state index contributed by atoms with van der Waals surface area (Å²) in [6, 6.07) is 5.66. The van der Waals surface area contributed by atoms with E-state index in [1.165, 1.54) is 12.2 Å². The molecule has 18 heavy (non-hydrogen) atoms. The number of nitrogens with two attached hydrogens (primary N) is 1. The van der Waals surface area contributed by atoms with Gasteiger partial charge in [-0.1, -0.05) is 36.4 Å². The van der Waals surface area contributed by atoms with E-state index in [1.807, 2.05) is 0 Å². The fraction of sp³-hybridized carbons (Fsp3) is 0.0714. The Labute approximate surface area is 103 Å². The molecule has 2 aliphatic carbocycles. The molecule has 0 bridgehead atoms. The van der Waals surface area contributed by atoms with Crippen LogP contribution in [0.25, 0.3) is 0 Å². The lowest BCUT2D eigenvalue weighted by Crippen LogP contribution is -2.38. The molecule has 2 N–H and O–H groups in total. The van der Waals surface area contributed by atoms with Gasteiger partial charge in [-0.05, 0) is 0 Å². The van der Waals surface area contributed by atoms with Gasteiger partial charge in [-0.2, -0.15) is 0 Å². The minimum atomic E-state index is -0.842. The molecular weight excluding hydrogens is 230 g/mol. The van der Waals surface area contributed by atoms with Gasteiger partial charge in [-0.15, -0.1) is 0 Å². The van der Waals surface area contributed by atoms with Crippen LogP contribution in [-0.4, -0.2) is 23.4 Å². The van der Waals surface area contributed by atoms with Gasteiger partial charge in [0.15, 0.2) is 17.3 Å². The lowest BCUT2D eigenvalue weighted by molar-refractivity contribution is -0.115. The molecule has 1 unspecified atom stereocenters. The molecular formula is C14H9NO3. The molecule has 4 heteroatoms. The highest BCUT2D eigenvalue weighted by molar-refractivity contribution is 6.38. The molecule has 0 fully saturated rings. The minimum Gasteiger partial charge on any atom is -0.318 e. The normalized spacial score (nSPS) is 22.1. The fourth-order valence-corrected chi connectivity index (χ4v) is 2.25. The maximum Gasteiger partial charge on any atom is 0.198 e. The molecule has 1 aromatic carbocycles. The molecule has 3 rings (SSSR count). The quantitative estimate of drug-likeness (QED) is 0.680. The van der Waals surface area contributed by atoms with E-state index in [4.69, 9.17) is 5.73 Å². The first kappa shape index (κ1) is 10.8. The number of hydrogen-bond donors (Lipinski definition) is 1. The van der Waals surface area contributed by atoms with E-state index in [0.29, 0.717) is 5.56 Å². The lowest BCUT2D eigenvalue weighted by Gasteiger charge is -2.22. The fourth-order valence-electron chi connectivity index (χ4n) is 2.25. The van der Waals surface area contributed by atoms with Crippen molar-refractivity contribution in [2.24, 2.45) is 5.73 Å². The van der Waals surface area contributed by atoms with Gasteiger partial charge in [0, 0.05) is 16.7 Å². The molecule has 4 nitrogen and oxygen atoms in total. The van der Waals surface area contributed by atoms with Gasteiger partial charge in [-0.3, -0.25) is 14.4 Å². The maximum atomic E-state index is 12.2.